The van der Waals surface area contributed by atoms with Crippen LogP contribution in [-0.2, 0) is 37.1 Å². The number of rotatable bonds is 10. The van der Waals surface area contributed by atoms with Crippen LogP contribution in [0.1, 0.15) is 69.8 Å². The number of hydrogen-bond donors (Lipinski definition) is 0. The summed E-state index contributed by atoms with van der Waals surface area (Å²) in [6.45, 7) is 9.43. The van der Waals surface area contributed by atoms with E-state index in [0.29, 0.717) is 5.92 Å². The first-order valence-corrected chi connectivity index (χ1v) is 14.9. The number of benzene rings is 2. The molecule has 5 heteroatoms. The van der Waals surface area contributed by atoms with Gasteiger partial charge in [0.1, 0.15) is 0 Å². The monoisotopic (exact) mass is 590 g/mol. The predicted molar refractivity (Wildman–Crippen MR) is 136 cm³/mol. The van der Waals surface area contributed by atoms with Crippen LogP contribution < -0.4 is 24.8 Å². The van der Waals surface area contributed by atoms with Crippen molar-refractivity contribution in [2.24, 2.45) is 5.92 Å². The predicted octanol–water partition coefficient (Wildman–Crippen LogP) is 2.63. The summed E-state index contributed by atoms with van der Waals surface area (Å²) in [5, 5.41) is 0. The Balaban J connectivity index is 0.00000193. The third-order valence-electron chi connectivity index (χ3n) is 7.82. The summed E-state index contributed by atoms with van der Waals surface area (Å²) in [6.07, 6.45) is 11.5. The first kappa shape index (κ1) is 31.6. The molecule has 0 aromatic heterocycles. The van der Waals surface area contributed by atoms with E-state index in [4.69, 9.17) is 4.43 Å². The molecule has 0 saturated heterocycles. The van der Waals surface area contributed by atoms with Crippen LogP contribution in [0.15, 0.2) is 66.3 Å². The second-order valence-electron chi connectivity index (χ2n) is 9.42. The Kier molecular flexibility index (Phi) is 13.3. The van der Waals surface area contributed by atoms with Gasteiger partial charge < -0.3 is 29.2 Å². The molecular weight excluding hydrogens is 555 g/mol. The summed E-state index contributed by atoms with van der Waals surface area (Å²) in [5.41, 5.74) is 8.83. The third kappa shape index (κ3) is 6.65. The molecule has 0 radical (unpaired) electrons. The Labute approximate surface area is 239 Å². The van der Waals surface area contributed by atoms with Gasteiger partial charge in [-0.15, -0.1) is 0 Å². The van der Waals surface area contributed by atoms with Crippen LogP contribution in [0, 0.1) is 5.92 Å². The van der Waals surface area contributed by atoms with Crippen LogP contribution in [-0.4, -0.2) is 8.32 Å². The van der Waals surface area contributed by atoms with Gasteiger partial charge in [0.25, 0.3) is 0 Å². The van der Waals surface area contributed by atoms with Crippen LogP contribution in [0.2, 0.25) is 18.1 Å². The Bertz CT molecular complexity index is 976. The average molecular weight is 593 g/mol. The van der Waals surface area contributed by atoms with Crippen LogP contribution >= 0.6 is 0 Å². The topological polar surface area (TPSA) is 9.23 Å². The standard InChI is InChI=1S/C29H38OSi.2ClH.Zr/c1-5-31(6-2,7-3)30-28(20-19-22(4)23-13-8-9-14-23)27-18-12-16-25-21-24-15-10-11-17-26(24)29(25)27;;;/h8-13,15-18,22,28H,5-7,14,19-21H2,1-4H3;2*1H;/q;;;+2/p-2. The van der Waals surface area contributed by atoms with E-state index < -0.39 is 8.32 Å². The molecule has 0 fully saturated rings. The second kappa shape index (κ2) is 14.3. The summed E-state index contributed by atoms with van der Waals surface area (Å²) in [6, 6.07) is 19.5. The minimum absolute atomic E-state index is 0. The number of allylic oxidation sites excluding steroid dienone is 4. The molecule has 0 heterocycles. The van der Waals surface area contributed by atoms with Gasteiger partial charge in [0.15, 0.2) is 8.32 Å². The maximum absolute atomic E-state index is 7.23. The molecule has 2 aromatic rings. The normalized spacial score (nSPS) is 15.2. The summed E-state index contributed by atoms with van der Waals surface area (Å²) in [5.74, 6) is 0.617. The number of hydrogen-bond acceptors (Lipinski definition) is 1. The van der Waals surface area contributed by atoms with Crippen LogP contribution in [0.25, 0.3) is 11.1 Å². The van der Waals surface area contributed by atoms with E-state index in [0.717, 1.165) is 19.3 Å². The first-order chi connectivity index (χ1) is 15.1. The molecule has 34 heavy (non-hydrogen) atoms. The largest absolute Gasteiger partial charge is 2.00 e. The molecule has 4 rings (SSSR count). The van der Waals surface area contributed by atoms with E-state index in [9.17, 15) is 0 Å². The molecule has 2 aliphatic rings. The quantitative estimate of drug-likeness (QED) is 0.329. The summed E-state index contributed by atoms with van der Waals surface area (Å²) < 4.78 is 7.23. The van der Waals surface area contributed by atoms with E-state index in [1.54, 1.807) is 5.57 Å². The molecule has 2 atom stereocenters. The molecule has 2 aliphatic carbocycles. The fraction of sp³-hybridized carbons (Fsp3) is 0.448. The van der Waals surface area contributed by atoms with E-state index in [2.05, 4.69) is 88.4 Å². The fourth-order valence-electron chi connectivity index (χ4n) is 5.48. The van der Waals surface area contributed by atoms with Crippen molar-refractivity contribution in [3.63, 3.8) is 0 Å². The molecule has 0 bridgehead atoms. The van der Waals surface area contributed by atoms with Gasteiger partial charge in [0.05, 0.1) is 6.10 Å². The van der Waals surface area contributed by atoms with E-state index in [-0.39, 0.29) is 57.1 Å². The van der Waals surface area contributed by atoms with Crippen LogP contribution in [0.5, 0.6) is 0 Å². The zero-order valence-corrected chi connectivity index (χ0v) is 26.0. The van der Waals surface area contributed by atoms with Crippen molar-refractivity contribution in [1.82, 2.24) is 0 Å². The van der Waals surface area contributed by atoms with Gasteiger partial charge in [-0.25, -0.2) is 0 Å². The molecule has 0 amide bonds. The average Bonchev–Trinajstić information content (AvgIpc) is 3.48. The van der Waals surface area contributed by atoms with Crippen molar-refractivity contribution in [3.05, 3.63) is 83.0 Å². The van der Waals surface area contributed by atoms with Crippen molar-refractivity contribution < 1.29 is 55.4 Å². The molecule has 0 aliphatic heterocycles. The van der Waals surface area contributed by atoms with Gasteiger partial charge in [0.2, 0.25) is 0 Å². The molecule has 182 valence electrons. The van der Waals surface area contributed by atoms with Crippen molar-refractivity contribution in [1.29, 1.82) is 0 Å². The molecule has 1 nitrogen and oxygen atoms in total. The van der Waals surface area contributed by atoms with Crippen molar-refractivity contribution >= 4 is 8.32 Å². The van der Waals surface area contributed by atoms with Gasteiger partial charge in [-0.1, -0.05) is 94.0 Å². The van der Waals surface area contributed by atoms with Crippen molar-refractivity contribution in [3.8, 4) is 11.1 Å². The molecule has 2 aromatic carbocycles. The molecular formula is C29H38Cl2OSiZr. The van der Waals surface area contributed by atoms with Crippen molar-refractivity contribution in [2.45, 2.75) is 77.6 Å². The fourth-order valence-corrected chi connectivity index (χ4v) is 8.33. The van der Waals surface area contributed by atoms with Gasteiger partial charge in [-0.3, -0.25) is 0 Å². The van der Waals surface area contributed by atoms with Gasteiger partial charge in [-0.05, 0) is 77.6 Å². The Morgan fingerprint density at radius 1 is 0.882 bits per heavy atom. The summed E-state index contributed by atoms with van der Waals surface area (Å²) in [7, 11) is -1.72. The van der Waals surface area contributed by atoms with E-state index in [1.165, 1.54) is 52.4 Å². The molecule has 2 unspecified atom stereocenters. The second-order valence-corrected chi connectivity index (χ2v) is 14.1. The summed E-state index contributed by atoms with van der Waals surface area (Å²) in [4.78, 5) is 0. The van der Waals surface area contributed by atoms with E-state index in [1.807, 2.05) is 0 Å². The molecule has 0 saturated carbocycles. The zero-order chi connectivity index (χ0) is 21.8. The minimum Gasteiger partial charge on any atom is -1.00 e. The van der Waals surface area contributed by atoms with Crippen LogP contribution in [0.4, 0.5) is 0 Å². The Hall–Kier alpha value is -0.440. The third-order valence-corrected chi connectivity index (χ3v) is 12.5. The number of fused-ring (bicyclic) bond motifs is 3. The summed E-state index contributed by atoms with van der Waals surface area (Å²) >= 11 is 0. The van der Waals surface area contributed by atoms with Crippen LogP contribution in [0.3, 0.4) is 0 Å². The minimum atomic E-state index is -1.72. The maximum Gasteiger partial charge on any atom is 2.00 e. The van der Waals surface area contributed by atoms with E-state index >= 15 is 0 Å². The Morgan fingerprint density at radius 2 is 1.56 bits per heavy atom. The maximum atomic E-state index is 7.23. The van der Waals surface area contributed by atoms with Crippen molar-refractivity contribution in [2.75, 3.05) is 0 Å². The van der Waals surface area contributed by atoms with Gasteiger partial charge >= 0.3 is 26.2 Å². The SMILES string of the molecule is CC[Si](CC)(CC)OC(CCC(C)C1=CC=CC1)c1cccc2c1-c1ccccc1C2.[Cl-].[Cl-].[Zr+2]. The zero-order valence-electron chi connectivity index (χ0n) is 21.0. The molecule has 0 N–H and O–H groups in total. The molecule has 0 spiro atoms. The van der Waals surface area contributed by atoms with Gasteiger partial charge in [0, 0.05) is 0 Å². The van der Waals surface area contributed by atoms with Gasteiger partial charge in [-0.2, -0.15) is 0 Å². The Morgan fingerprint density at radius 3 is 2.21 bits per heavy atom. The first-order valence-electron chi connectivity index (χ1n) is 12.3. The smallest absolute Gasteiger partial charge is 1.00 e. The number of halogens is 2.